The number of carbonyl (C=O) groups is 1. The number of hydrogen-bond donors (Lipinski definition) is 2. The zero-order valence-corrected chi connectivity index (χ0v) is 24.2. The van der Waals surface area contributed by atoms with Crippen molar-refractivity contribution in [2.75, 3.05) is 23.7 Å². The molecular weight excluding hydrogens is 577 g/mol. The molecule has 14 heteroatoms. The third kappa shape index (κ3) is 5.71. The maximum atomic E-state index is 16.5. The van der Waals surface area contributed by atoms with Gasteiger partial charge in [0.25, 0.3) is 0 Å². The molecular formula is C29H32F5N5O4. The van der Waals surface area contributed by atoms with Crippen molar-refractivity contribution in [2.24, 2.45) is 0 Å². The summed E-state index contributed by atoms with van der Waals surface area (Å²) in [6.07, 6.45) is -4.30. The zero-order valence-electron chi connectivity index (χ0n) is 24.2. The molecule has 1 aliphatic carbocycles. The Labute approximate surface area is 244 Å². The van der Waals surface area contributed by atoms with E-state index in [1.807, 2.05) is 18.7 Å². The number of alkyl halides is 3. The molecule has 3 atom stereocenters. The van der Waals surface area contributed by atoms with Gasteiger partial charge in [0, 0.05) is 35.9 Å². The van der Waals surface area contributed by atoms with Crippen LogP contribution in [0.1, 0.15) is 44.9 Å². The highest BCUT2D eigenvalue weighted by Gasteiger charge is 2.43. The summed E-state index contributed by atoms with van der Waals surface area (Å²) in [5, 5.41) is 3.35. The number of nitrogen functional groups attached to an aromatic ring is 1. The normalized spacial score (nSPS) is 21.3. The first-order chi connectivity index (χ1) is 20.3. The molecule has 4 heterocycles. The predicted octanol–water partition coefficient (Wildman–Crippen LogP) is 5.33. The van der Waals surface area contributed by atoms with Gasteiger partial charge in [-0.05, 0) is 45.2 Å². The van der Waals surface area contributed by atoms with Crippen LogP contribution in [0.3, 0.4) is 0 Å². The van der Waals surface area contributed by atoms with Crippen LogP contribution in [-0.2, 0) is 9.53 Å². The number of ether oxygens (including phenoxy) is 3. The summed E-state index contributed by atoms with van der Waals surface area (Å²) in [6, 6.07) is 0.562. The lowest BCUT2D eigenvalue weighted by molar-refractivity contribution is -0.275. The molecule has 3 unspecified atom stereocenters. The minimum absolute atomic E-state index is 0.0169. The molecule has 6 rings (SSSR count). The minimum Gasteiger partial charge on any atom is -0.472 e. The lowest BCUT2D eigenvalue weighted by atomic mass is 9.99. The van der Waals surface area contributed by atoms with Crippen molar-refractivity contribution in [2.45, 2.75) is 78.1 Å². The summed E-state index contributed by atoms with van der Waals surface area (Å²) in [4.78, 5) is 23.6. The molecule has 232 valence electrons. The van der Waals surface area contributed by atoms with Crippen LogP contribution in [0.15, 0.2) is 12.1 Å². The number of aryl methyl sites for hydroxylation is 2. The summed E-state index contributed by atoms with van der Waals surface area (Å²) in [6.45, 7) is 9.47. The largest absolute Gasteiger partial charge is 0.573 e. The van der Waals surface area contributed by atoms with E-state index in [0.29, 0.717) is 29.7 Å². The first-order valence-corrected chi connectivity index (χ1v) is 14.0. The van der Waals surface area contributed by atoms with Gasteiger partial charge >= 0.3 is 12.3 Å². The number of piperazine rings is 1. The van der Waals surface area contributed by atoms with Gasteiger partial charge in [-0.1, -0.05) is 13.8 Å². The Balaban J connectivity index is 0.00000180. The van der Waals surface area contributed by atoms with Crippen LogP contribution in [-0.4, -0.2) is 59.7 Å². The number of hydrogen-bond acceptors (Lipinski definition) is 9. The van der Waals surface area contributed by atoms with Crippen LogP contribution in [0.4, 0.5) is 33.5 Å². The quantitative estimate of drug-likeness (QED) is 0.230. The van der Waals surface area contributed by atoms with Crippen molar-refractivity contribution in [1.29, 1.82) is 0 Å². The highest BCUT2D eigenvalue weighted by atomic mass is 19.4. The number of benzene rings is 1. The molecule has 43 heavy (non-hydrogen) atoms. The number of fused-ring (bicyclic) bond motifs is 2. The van der Waals surface area contributed by atoms with E-state index >= 15 is 4.39 Å². The number of anilines is 2. The molecule has 2 aliphatic heterocycles. The van der Waals surface area contributed by atoms with E-state index in [1.54, 1.807) is 20.8 Å². The van der Waals surface area contributed by atoms with Crippen LogP contribution >= 0.6 is 0 Å². The smallest absolute Gasteiger partial charge is 0.472 e. The number of pyridine rings is 2. The van der Waals surface area contributed by atoms with E-state index in [0.717, 1.165) is 18.9 Å². The molecule has 0 radical (unpaired) electrons. The lowest BCUT2D eigenvalue weighted by Gasteiger charge is -2.41. The molecule has 1 saturated heterocycles. The fourth-order valence-corrected chi connectivity index (χ4v) is 5.34. The van der Waals surface area contributed by atoms with Gasteiger partial charge in [-0.25, -0.2) is 18.7 Å². The standard InChI is InChI=1S/C27H26F5N5O4.C2H6/c1-10-11(2)35-24-20-19(10)21(29)22(15-6-13(33)7-16(28)23(15)41-27(30,31)32)36-25(20)39-12(3)18-8-34-17(9-37(18)24)26(38)40-14-4-5-14;1-2/h6-7,12,14,17-18,34H,4-5,8-9,33H2,1-3H3;1-2H3. The van der Waals surface area contributed by atoms with Gasteiger partial charge < -0.3 is 30.2 Å². The molecule has 3 N–H and O–H groups in total. The van der Waals surface area contributed by atoms with Crippen molar-refractivity contribution >= 4 is 28.2 Å². The maximum absolute atomic E-state index is 16.5. The molecule has 0 amide bonds. The third-order valence-electron chi connectivity index (χ3n) is 7.61. The first kappa shape index (κ1) is 30.5. The molecule has 2 fully saturated rings. The molecule has 1 saturated carbocycles. The number of carbonyl (C=O) groups excluding carboxylic acids is 1. The molecule has 2 aromatic heterocycles. The number of nitrogens with one attached hydrogen (secondary N) is 1. The third-order valence-corrected chi connectivity index (χ3v) is 7.61. The summed E-state index contributed by atoms with van der Waals surface area (Å²) in [5.74, 6) is -3.93. The van der Waals surface area contributed by atoms with Gasteiger partial charge in [-0.2, -0.15) is 0 Å². The highest BCUT2D eigenvalue weighted by molar-refractivity contribution is 6.02. The average Bonchev–Trinajstić information content (AvgIpc) is 3.77. The van der Waals surface area contributed by atoms with Crippen LogP contribution in [0.2, 0.25) is 0 Å². The Hall–Kier alpha value is -3.94. The lowest BCUT2D eigenvalue weighted by Crippen LogP contribution is -2.63. The highest BCUT2D eigenvalue weighted by Crippen LogP contribution is 2.46. The maximum Gasteiger partial charge on any atom is 0.573 e. The molecule has 9 nitrogen and oxygen atoms in total. The predicted molar refractivity (Wildman–Crippen MR) is 149 cm³/mol. The van der Waals surface area contributed by atoms with E-state index < -0.39 is 53.1 Å². The van der Waals surface area contributed by atoms with Crippen LogP contribution < -0.4 is 25.4 Å². The van der Waals surface area contributed by atoms with Crippen molar-refractivity contribution in [1.82, 2.24) is 15.3 Å². The van der Waals surface area contributed by atoms with Gasteiger partial charge in [0.2, 0.25) is 5.88 Å². The number of nitrogens with zero attached hydrogens (tertiary/aromatic N) is 3. The Morgan fingerprint density at radius 1 is 1.14 bits per heavy atom. The number of halogens is 5. The Morgan fingerprint density at radius 2 is 1.84 bits per heavy atom. The molecule has 1 aromatic carbocycles. The fraction of sp³-hybridized carbons (Fsp3) is 0.483. The summed E-state index contributed by atoms with van der Waals surface area (Å²) < 4.78 is 86.5. The first-order valence-electron chi connectivity index (χ1n) is 14.0. The second-order valence-corrected chi connectivity index (χ2v) is 10.5. The SMILES string of the molecule is CC.Cc1nc2c3c(nc(-c4cc(N)cc(F)c4OC(F)(F)F)c(F)c3c1C)OC(C)C1CNC(C(=O)OC3CC3)CN21. The number of aromatic nitrogens is 2. The van der Waals surface area contributed by atoms with Crippen LogP contribution in [0, 0.1) is 25.5 Å². The summed E-state index contributed by atoms with van der Waals surface area (Å²) >= 11 is 0. The van der Waals surface area contributed by atoms with Gasteiger partial charge in [-0.15, -0.1) is 13.2 Å². The van der Waals surface area contributed by atoms with Crippen molar-refractivity contribution in [3.8, 4) is 22.9 Å². The van der Waals surface area contributed by atoms with E-state index in [2.05, 4.69) is 15.0 Å². The number of esters is 1. The summed E-state index contributed by atoms with van der Waals surface area (Å²) in [7, 11) is 0. The topological polar surface area (TPSA) is 112 Å². The van der Waals surface area contributed by atoms with E-state index in [-0.39, 0.29) is 41.0 Å². The second-order valence-electron chi connectivity index (χ2n) is 10.5. The molecule has 3 aliphatic rings. The summed E-state index contributed by atoms with van der Waals surface area (Å²) in [5.41, 5.74) is 5.02. The number of nitrogens with two attached hydrogens (primary N) is 1. The molecule has 0 bridgehead atoms. The van der Waals surface area contributed by atoms with E-state index in [1.165, 1.54) is 0 Å². The van der Waals surface area contributed by atoms with Crippen molar-refractivity contribution in [3.63, 3.8) is 0 Å². The van der Waals surface area contributed by atoms with Gasteiger partial charge in [-0.3, -0.25) is 4.79 Å². The Morgan fingerprint density at radius 3 is 2.49 bits per heavy atom. The Kier molecular flexibility index (Phi) is 8.01. The van der Waals surface area contributed by atoms with Crippen LogP contribution in [0.25, 0.3) is 22.0 Å². The van der Waals surface area contributed by atoms with Gasteiger partial charge in [0.15, 0.2) is 17.4 Å². The van der Waals surface area contributed by atoms with E-state index in [4.69, 9.17) is 20.2 Å². The fourth-order valence-electron chi connectivity index (χ4n) is 5.34. The minimum atomic E-state index is -5.27. The second kappa shape index (κ2) is 11.3. The Bertz CT molecular complexity index is 1580. The van der Waals surface area contributed by atoms with Crippen molar-refractivity contribution < 1.29 is 41.0 Å². The molecule has 0 spiro atoms. The molecule has 3 aromatic rings. The van der Waals surface area contributed by atoms with Gasteiger partial charge in [0.05, 0.1) is 17.0 Å². The van der Waals surface area contributed by atoms with Crippen LogP contribution in [0.5, 0.6) is 11.6 Å². The monoisotopic (exact) mass is 609 g/mol. The number of rotatable bonds is 4. The van der Waals surface area contributed by atoms with Gasteiger partial charge in [0.1, 0.15) is 29.8 Å². The average molecular weight is 610 g/mol. The van der Waals surface area contributed by atoms with E-state index in [9.17, 15) is 22.4 Å². The van der Waals surface area contributed by atoms with Crippen molar-refractivity contribution in [3.05, 3.63) is 35.0 Å². The zero-order chi connectivity index (χ0) is 31.4.